The molecule has 0 aliphatic heterocycles. The van der Waals surface area contributed by atoms with E-state index >= 15 is 0 Å². The van der Waals surface area contributed by atoms with Crippen molar-refractivity contribution < 1.29 is 0 Å². The predicted octanol–water partition coefficient (Wildman–Crippen LogP) is 5.71. The maximum Gasteiger partial charge on any atom is 0.182 e. The van der Waals surface area contributed by atoms with Gasteiger partial charge < -0.3 is 4.98 Å². The van der Waals surface area contributed by atoms with E-state index in [1.54, 1.807) is 0 Å². The highest BCUT2D eigenvalue weighted by Crippen LogP contribution is 2.28. The summed E-state index contributed by atoms with van der Waals surface area (Å²) in [5.74, 6) is 0. The number of hydrogen-bond acceptors (Lipinski definition) is 1. The summed E-state index contributed by atoms with van der Waals surface area (Å²) in [5.41, 5.74) is 2.88. The summed E-state index contributed by atoms with van der Waals surface area (Å²) >= 11 is 17.5. The molecule has 96 valence electrons. The first-order chi connectivity index (χ1) is 9.06. The molecule has 0 amide bonds. The van der Waals surface area contributed by atoms with Gasteiger partial charge >= 0.3 is 0 Å². The molecule has 1 heterocycles. The van der Waals surface area contributed by atoms with Gasteiger partial charge in [-0.15, -0.1) is 0 Å². The van der Waals surface area contributed by atoms with Gasteiger partial charge in [0.15, 0.2) is 4.77 Å². The van der Waals surface area contributed by atoms with E-state index in [1.807, 2.05) is 41.0 Å². The summed E-state index contributed by atoms with van der Waals surface area (Å²) < 4.78 is 4.69. The maximum atomic E-state index is 6.34. The van der Waals surface area contributed by atoms with Crippen molar-refractivity contribution in [3.63, 3.8) is 0 Å². The van der Waals surface area contributed by atoms with Crippen LogP contribution in [0, 0.1) is 8.34 Å². The van der Waals surface area contributed by atoms with E-state index in [9.17, 15) is 0 Å². The van der Waals surface area contributed by atoms with E-state index in [4.69, 9.17) is 23.8 Å². The molecule has 19 heavy (non-hydrogen) atoms. The number of aromatic amines is 1. The van der Waals surface area contributed by atoms with Crippen molar-refractivity contribution >= 4 is 73.4 Å². The Morgan fingerprint density at radius 3 is 2.74 bits per heavy atom. The van der Waals surface area contributed by atoms with Crippen LogP contribution in [-0.4, -0.2) is 9.55 Å². The Hall–Kier alpha value is -0.370. The zero-order valence-corrected chi connectivity index (χ0v) is 14.8. The quantitative estimate of drug-likeness (QED) is 0.361. The molecule has 0 unspecified atom stereocenters. The normalized spacial score (nSPS) is 11.1. The Balaban J connectivity index is 2.38. The Bertz CT molecular complexity index is 840. The molecular formula is C13H7BrClIN2S. The van der Waals surface area contributed by atoms with Crippen molar-refractivity contribution in [3.8, 4) is 5.69 Å². The zero-order valence-electron chi connectivity index (χ0n) is 9.45. The number of rotatable bonds is 1. The van der Waals surface area contributed by atoms with Crippen LogP contribution in [0.1, 0.15) is 0 Å². The molecule has 2 nitrogen and oxygen atoms in total. The summed E-state index contributed by atoms with van der Waals surface area (Å²) in [7, 11) is 0. The Morgan fingerprint density at radius 1 is 1.21 bits per heavy atom. The van der Waals surface area contributed by atoms with Crippen molar-refractivity contribution in [2.24, 2.45) is 0 Å². The first kappa shape index (κ1) is 13.6. The van der Waals surface area contributed by atoms with Crippen LogP contribution in [0.4, 0.5) is 0 Å². The summed E-state index contributed by atoms with van der Waals surface area (Å²) in [5, 5.41) is 0.684. The number of fused-ring (bicyclic) bond motifs is 1. The fourth-order valence-electron chi connectivity index (χ4n) is 1.98. The molecule has 0 aliphatic carbocycles. The fourth-order valence-corrected chi connectivity index (χ4v) is 3.57. The van der Waals surface area contributed by atoms with E-state index in [-0.39, 0.29) is 0 Å². The number of benzene rings is 2. The number of halogens is 3. The minimum absolute atomic E-state index is 0.635. The van der Waals surface area contributed by atoms with E-state index in [2.05, 4.69) is 43.5 Å². The SMILES string of the molecule is S=c1[nH]c2ccc(Br)cc2n1-c1ccc(I)cc1Cl. The van der Waals surface area contributed by atoms with Crippen molar-refractivity contribution in [2.45, 2.75) is 0 Å². The predicted molar refractivity (Wildman–Crippen MR) is 93.9 cm³/mol. The minimum Gasteiger partial charge on any atom is -0.330 e. The maximum absolute atomic E-state index is 6.34. The molecule has 0 radical (unpaired) electrons. The van der Waals surface area contributed by atoms with E-state index in [1.165, 1.54) is 0 Å². The topological polar surface area (TPSA) is 20.7 Å². The van der Waals surface area contributed by atoms with Gasteiger partial charge in [-0.05, 0) is 71.2 Å². The Morgan fingerprint density at radius 2 is 2.00 bits per heavy atom. The van der Waals surface area contributed by atoms with Gasteiger partial charge in [0.1, 0.15) is 0 Å². The molecular weight excluding hydrogens is 458 g/mol. The van der Waals surface area contributed by atoms with Gasteiger partial charge in [-0.3, -0.25) is 4.57 Å². The molecule has 0 saturated carbocycles. The van der Waals surface area contributed by atoms with Crippen LogP contribution in [0.2, 0.25) is 5.02 Å². The van der Waals surface area contributed by atoms with Gasteiger partial charge in [-0.2, -0.15) is 0 Å². The fraction of sp³-hybridized carbons (Fsp3) is 0. The van der Waals surface area contributed by atoms with E-state index < -0.39 is 0 Å². The van der Waals surface area contributed by atoms with Gasteiger partial charge in [0.25, 0.3) is 0 Å². The third kappa shape index (κ3) is 2.49. The number of nitrogens with zero attached hydrogens (tertiary/aromatic N) is 1. The number of aromatic nitrogens is 2. The molecule has 3 aromatic rings. The molecule has 0 fully saturated rings. The molecule has 0 aliphatic rings. The standard InChI is InChI=1S/C13H7BrClIN2S/c14-7-1-3-10-12(5-7)18(13(19)17-10)11-4-2-8(16)6-9(11)15/h1-6H,(H,17,19). The highest BCUT2D eigenvalue weighted by Gasteiger charge is 2.10. The van der Waals surface area contributed by atoms with Crippen molar-refractivity contribution in [1.29, 1.82) is 0 Å². The lowest BCUT2D eigenvalue weighted by molar-refractivity contribution is 1.06. The summed E-state index contributed by atoms with van der Waals surface area (Å²) in [4.78, 5) is 3.19. The molecule has 6 heteroatoms. The average molecular weight is 466 g/mol. The molecule has 0 bridgehead atoms. The second kappa shape index (κ2) is 5.20. The second-order valence-electron chi connectivity index (χ2n) is 4.02. The van der Waals surface area contributed by atoms with Gasteiger partial charge in [0.05, 0.1) is 21.7 Å². The van der Waals surface area contributed by atoms with Gasteiger partial charge in [-0.25, -0.2) is 0 Å². The monoisotopic (exact) mass is 464 g/mol. The number of nitrogens with one attached hydrogen (secondary N) is 1. The van der Waals surface area contributed by atoms with Crippen LogP contribution in [0.15, 0.2) is 40.9 Å². The lowest BCUT2D eigenvalue weighted by Gasteiger charge is -2.07. The van der Waals surface area contributed by atoms with E-state index in [0.29, 0.717) is 9.79 Å². The Kier molecular flexibility index (Phi) is 3.72. The zero-order chi connectivity index (χ0) is 13.6. The molecule has 3 rings (SSSR count). The lowest BCUT2D eigenvalue weighted by atomic mass is 10.3. The molecule has 0 spiro atoms. The van der Waals surface area contributed by atoms with Gasteiger partial charge in [-0.1, -0.05) is 27.5 Å². The smallest absolute Gasteiger partial charge is 0.182 e. The highest BCUT2D eigenvalue weighted by molar-refractivity contribution is 14.1. The van der Waals surface area contributed by atoms with Crippen LogP contribution >= 0.6 is 62.3 Å². The van der Waals surface area contributed by atoms with Crippen LogP contribution in [0.5, 0.6) is 0 Å². The van der Waals surface area contributed by atoms with Crippen LogP contribution in [0.3, 0.4) is 0 Å². The third-order valence-electron chi connectivity index (χ3n) is 2.80. The van der Waals surface area contributed by atoms with Crippen LogP contribution in [0.25, 0.3) is 16.7 Å². The first-order valence-corrected chi connectivity index (χ1v) is 8.08. The van der Waals surface area contributed by atoms with Crippen molar-refractivity contribution in [3.05, 3.63) is 54.2 Å². The molecule has 0 atom stereocenters. The van der Waals surface area contributed by atoms with Crippen LogP contribution < -0.4 is 0 Å². The second-order valence-corrected chi connectivity index (χ2v) is 6.98. The minimum atomic E-state index is 0.635. The average Bonchev–Trinajstić information content (AvgIpc) is 2.65. The summed E-state index contributed by atoms with van der Waals surface area (Å²) in [6.45, 7) is 0. The first-order valence-electron chi connectivity index (χ1n) is 5.42. The molecule has 1 N–H and O–H groups in total. The van der Waals surface area contributed by atoms with Gasteiger partial charge in [0, 0.05) is 8.04 Å². The van der Waals surface area contributed by atoms with Crippen molar-refractivity contribution in [1.82, 2.24) is 9.55 Å². The van der Waals surface area contributed by atoms with E-state index in [0.717, 1.165) is 24.8 Å². The lowest BCUT2D eigenvalue weighted by Crippen LogP contribution is -1.95. The Labute approximate surface area is 142 Å². The third-order valence-corrected chi connectivity index (χ3v) is 4.55. The number of H-pyrrole nitrogens is 1. The number of hydrogen-bond donors (Lipinski definition) is 1. The molecule has 1 aromatic heterocycles. The highest BCUT2D eigenvalue weighted by atomic mass is 127. The number of imidazole rings is 1. The summed E-state index contributed by atoms with van der Waals surface area (Å²) in [6, 6.07) is 11.9. The summed E-state index contributed by atoms with van der Waals surface area (Å²) in [6.07, 6.45) is 0. The van der Waals surface area contributed by atoms with Crippen molar-refractivity contribution in [2.75, 3.05) is 0 Å². The van der Waals surface area contributed by atoms with Gasteiger partial charge in [0.2, 0.25) is 0 Å². The molecule has 2 aromatic carbocycles. The largest absolute Gasteiger partial charge is 0.330 e. The molecule has 0 saturated heterocycles. The van der Waals surface area contributed by atoms with Crippen LogP contribution in [-0.2, 0) is 0 Å².